The van der Waals surface area contributed by atoms with Crippen LogP contribution in [0.3, 0.4) is 0 Å². The third kappa shape index (κ3) is 25.5. The van der Waals surface area contributed by atoms with Crippen molar-refractivity contribution in [2.24, 2.45) is 5.73 Å². The van der Waals surface area contributed by atoms with Gasteiger partial charge in [-0.05, 0) is 88.1 Å². The number of nitrogens with zero attached hydrogens (tertiary/aromatic N) is 14. The highest BCUT2D eigenvalue weighted by molar-refractivity contribution is 8.21. The molecule has 11 heterocycles. The SMILES string of the molecule is CCO.CS/C(=C/C#N)N1CCN(C2CCS(=O)(=O)C2)CC1.CSC(SC)=C(C#N)C(=O)O.Cc1ccc(-n2nc(N3CCN(C4CCS(=O)(=O)C4)CC3)cc2N)nc1.Cc1ccc(CN)nc1.Cl.O=C(O)c1cnn2cccnc12.O=S1(=O)CCC(N2CCNCC2)C1. The van der Waals surface area contributed by atoms with Crippen molar-refractivity contribution in [1.82, 2.24) is 59.3 Å². The Morgan fingerprint density at radius 3 is 1.64 bits per heavy atom. The number of nitrogens with two attached hydrogens (primary N) is 2. The number of halogens is 1. The van der Waals surface area contributed by atoms with Gasteiger partial charge >= 0.3 is 11.9 Å². The fourth-order valence-corrected chi connectivity index (χ4v) is 17.8. The summed E-state index contributed by atoms with van der Waals surface area (Å²) >= 11 is 4.12. The van der Waals surface area contributed by atoms with Crippen molar-refractivity contribution in [1.29, 1.82) is 10.5 Å². The maximum atomic E-state index is 11.7. The molecule has 6 aliphatic rings. The summed E-state index contributed by atoms with van der Waals surface area (Å²) in [7, 11) is -8.35. The summed E-state index contributed by atoms with van der Waals surface area (Å²) in [4.78, 5) is 44.6. The predicted octanol–water partition coefficient (Wildman–Crippen LogP) is 3.29. The van der Waals surface area contributed by atoms with Crippen LogP contribution in [-0.4, -0.2) is 263 Å². The molecule has 6 saturated heterocycles. The van der Waals surface area contributed by atoms with E-state index in [4.69, 9.17) is 37.3 Å². The van der Waals surface area contributed by atoms with Gasteiger partial charge < -0.3 is 41.9 Å². The van der Waals surface area contributed by atoms with E-state index in [-0.39, 0.29) is 42.2 Å². The normalized spacial score (nSPS) is 20.4. The highest BCUT2D eigenvalue weighted by Gasteiger charge is 2.36. The number of rotatable bonds is 12. The monoisotopic (exact) mass is 1440 g/mol. The molecule has 11 rings (SSSR count). The number of aliphatic hydroxyl groups is 1. The number of sulfone groups is 3. The Kier molecular flexibility index (Phi) is 34.0. The Balaban J connectivity index is 0.000000247. The molecule has 0 radical (unpaired) electrons. The van der Waals surface area contributed by atoms with Gasteiger partial charge in [0.15, 0.2) is 52.4 Å². The number of piperazine rings is 3. The lowest BCUT2D eigenvalue weighted by Crippen LogP contribution is -2.50. The van der Waals surface area contributed by atoms with Gasteiger partial charge in [-0.2, -0.15) is 20.3 Å². The number of carboxylic acid groups (broad SMARTS) is 2. The number of aliphatic carboxylic acids is 1. The number of anilines is 2. The molecule has 94 heavy (non-hydrogen) atoms. The van der Waals surface area contributed by atoms with Gasteiger partial charge in [-0.15, -0.1) is 52.8 Å². The number of nitriles is 2. The van der Waals surface area contributed by atoms with Crippen molar-refractivity contribution < 1.29 is 50.2 Å². The molecule has 0 bridgehead atoms. The Morgan fingerprint density at radius 2 is 1.23 bits per heavy atom. The van der Waals surface area contributed by atoms with Crippen LogP contribution < -0.4 is 21.7 Å². The van der Waals surface area contributed by atoms with Crippen LogP contribution >= 0.6 is 47.7 Å². The molecule has 5 aromatic heterocycles. The van der Waals surface area contributed by atoms with Crippen molar-refractivity contribution >= 4 is 106 Å². The van der Waals surface area contributed by atoms with Crippen LogP contribution in [-0.2, 0) is 40.9 Å². The number of fused-ring (bicyclic) bond motifs is 1. The number of aromatic nitrogens is 7. The van der Waals surface area contributed by atoms with Crippen molar-refractivity contribution in [3.63, 3.8) is 0 Å². The number of nitrogen functional groups attached to an aromatic ring is 1. The first-order valence-corrected chi connectivity index (χ1v) is 39.1. The number of nitrogens with one attached hydrogen (secondary N) is 1. The molecular formula is C59H88ClN17O11S6. The van der Waals surface area contributed by atoms with Crippen LogP contribution in [0, 0.1) is 36.5 Å². The molecule has 518 valence electrons. The lowest BCUT2D eigenvalue weighted by Gasteiger charge is -2.39. The summed E-state index contributed by atoms with van der Waals surface area (Å²) in [6.07, 6.45) is 17.5. The van der Waals surface area contributed by atoms with Gasteiger partial charge in [0.1, 0.15) is 17.5 Å². The molecule has 3 unspecified atom stereocenters. The van der Waals surface area contributed by atoms with Crippen LogP contribution in [0.25, 0.3) is 11.5 Å². The van der Waals surface area contributed by atoms with E-state index in [2.05, 4.69) is 61.0 Å². The standard InChI is InChI=1S/C17H24N6O2S.C12H19N3O2S2.C8H16N2O2S.C7H5N3O2.C7H10N2.C6H7NO2S2.C2H6O.ClH/c1-13-2-3-16(19-11-13)23-15(18)10-17(20-23)22-7-5-21(6-8-22)14-4-9-26(24,25)12-14;1-18-12(2-4-13)15-7-5-14(6-8-15)11-3-9-19(16,17)10-11;11-13(12)6-1-8(7-13)10-4-2-9-3-5-10;11-7(12)5-4-9-10-3-1-2-8-6(5)10;1-6-2-3-7(4-8)9-5-6;1-10-6(11-2)4(3-7)5(8)9;1-2-3;/h2-3,10-11,14H,4-9,12,18H2,1H3;2,11H,3,5-10H2,1H3;8-9H,1-7H2;1-4H,(H,11,12);2-3,5H,4,8H2,1H3;1-2H3,(H,8,9);3H,2H2,1H3;1H/b;12-2+;;;;;;. The number of pyridine rings is 2. The number of aryl methyl sites for hydroxylation is 2. The van der Waals surface area contributed by atoms with Gasteiger partial charge in [-0.3, -0.25) is 19.7 Å². The van der Waals surface area contributed by atoms with Crippen molar-refractivity contribution in [3.05, 3.63) is 111 Å². The highest BCUT2D eigenvalue weighted by Crippen LogP contribution is 2.28. The number of carbonyl (C=O) groups is 2. The minimum atomic E-state index is -2.84. The van der Waals surface area contributed by atoms with E-state index in [1.165, 1.54) is 46.0 Å². The van der Waals surface area contributed by atoms with Crippen LogP contribution in [0.5, 0.6) is 0 Å². The van der Waals surface area contributed by atoms with Gasteiger partial charge in [-0.25, -0.2) is 49.3 Å². The largest absolute Gasteiger partial charge is 0.477 e. The Labute approximate surface area is 570 Å². The summed E-state index contributed by atoms with van der Waals surface area (Å²) in [6.45, 7) is 17.3. The lowest BCUT2D eigenvalue weighted by atomic mass is 10.2. The number of carboxylic acids is 2. The number of hydrogen-bond donors (Lipinski definition) is 6. The fraction of sp³-hybridized carbons (Fsp3) is 0.542. The summed E-state index contributed by atoms with van der Waals surface area (Å²) in [5.41, 5.74) is 15.0. The van der Waals surface area contributed by atoms with Gasteiger partial charge in [0.2, 0.25) is 0 Å². The average Bonchev–Trinajstić information content (AvgIpc) is 1.70. The second-order valence-electron chi connectivity index (χ2n) is 21.9. The van der Waals surface area contributed by atoms with E-state index in [1.807, 2.05) is 56.6 Å². The summed E-state index contributed by atoms with van der Waals surface area (Å²) in [5.74, 6) is 1.97. The van der Waals surface area contributed by atoms with Crippen LogP contribution in [0.2, 0.25) is 0 Å². The summed E-state index contributed by atoms with van der Waals surface area (Å²) in [5, 5.41) is 54.6. The zero-order valence-corrected chi connectivity index (χ0v) is 59.5. The van der Waals surface area contributed by atoms with E-state index < -0.39 is 41.5 Å². The average molecular weight is 1440 g/mol. The fourth-order valence-electron chi connectivity index (χ4n) is 10.6. The van der Waals surface area contributed by atoms with Gasteiger partial charge in [0.05, 0.1) is 61.7 Å². The quantitative estimate of drug-likeness (QED) is 0.0771. The van der Waals surface area contributed by atoms with E-state index in [9.17, 15) is 34.8 Å². The van der Waals surface area contributed by atoms with Crippen LogP contribution in [0.1, 0.15) is 53.4 Å². The second-order valence-corrected chi connectivity index (χ2v) is 31.3. The van der Waals surface area contributed by atoms with Crippen LogP contribution in [0.4, 0.5) is 11.6 Å². The topological polar surface area (TPSA) is 399 Å². The van der Waals surface area contributed by atoms with E-state index >= 15 is 0 Å². The molecule has 3 atom stereocenters. The Hall–Kier alpha value is -6.12. The Bertz CT molecular complexity index is 3690. The summed E-state index contributed by atoms with van der Waals surface area (Å²) in [6, 6.07) is 15.8. The van der Waals surface area contributed by atoms with E-state index in [1.54, 1.807) is 66.5 Å². The molecular weight excluding hydrogens is 1350 g/mol. The van der Waals surface area contributed by atoms with Gasteiger partial charge in [0.25, 0.3) is 0 Å². The highest BCUT2D eigenvalue weighted by atomic mass is 35.5. The van der Waals surface area contributed by atoms with Gasteiger partial charge in [-0.1, -0.05) is 12.1 Å². The number of aliphatic hydroxyl groups excluding tert-OH is 1. The minimum absolute atomic E-state index is 0. The number of thioether (sulfide) groups is 3. The first-order valence-electron chi connectivity index (χ1n) is 30.0. The maximum absolute atomic E-state index is 11.7. The number of allylic oxidation sites excluding steroid dienone is 1. The molecule has 0 aromatic carbocycles. The molecule has 0 spiro atoms. The maximum Gasteiger partial charge on any atom is 0.348 e. The smallest absolute Gasteiger partial charge is 0.348 e. The lowest BCUT2D eigenvalue weighted by molar-refractivity contribution is -0.132. The third-order valence-corrected chi connectivity index (χ3v) is 23.6. The third-order valence-electron chi connectivity index (χ3n) is 15.4. The van der Waals surface area contributed by atoms with E-state index in [0.717, 1.165) is 120 Å². The summed E-state index contributed by atoms with van der Waals surface area (Å²) < 4.78 is 72.5. The molecule has 0 amide bonds. The Morgan fingerprint density at radius 1 is 0.723 bits per heavy atom. The molecule has 35 heteroatoms. The zero-order chi connectivity index (χ0) is 68.3. The van der Waals surface area contributed by atoms with Crippen LogP contribution in [0.15, 0.2) is 88.3 Å². The molecule has 6 fully saturated rings. The van der Waals surface area contributed by atoms with Crippen molar-refractivity contribution in [2.45, 2.75) is 64.7 Å². The van der Waals surface area contributed by atoms with Gasteiger partial charge in [0, 0.05) is 147 Å². The molecule has 0 aliphatic carbocycles. The van der Waals surface area contributed by atoms with Crippen molar-refractivity contribution in [3.8, 4) is 18.0 Å². The molecule has 0 saturated carbocycles. The second kappa shape index (κ2) is 39.8. The molecule has 6 aliphatic heterocycles. The van der Waals surface area contributed by atoms with E-state index in [0.29, 0.717) is 68.6 Å². The molecule has 5 aromatic rings. The zero-order valence-electron chi connectivity index (χ0n) is 53.8. The first-order chi connectivity index (χ1) is 44.3. The number of aromatic carboxylic acids is 1. The molecule has 28 nitrogen and oxygen atoms in total. The predicted molar refractivity (Wildman–Crippen MR) is 374 cm³/mol. The first kappa shape index (κ1) is 80.3. The van der Waals surface area contributed by atoms with Crippen molar-refractivity contribution in [2.75, 3.05) is 149 Å². The minimum Gasteiger partial charge on any atom is -0.477 e. The number of hydrogen-bond acceptors (Lipinski definition) is 27. The molecule has 8 N–H and O–H groups in total.